The summed E-state index contributed by atoms with van der Waals surface area (Å²) >= 11 is 0. The Bertz CT molecular complexity index is 578. The molecule has 6 nitrogen and oxygen atoms in total. The molecule has 0 saturated carbocycles. The third kappa shape index (κ3) is 3.84. The molecule has 22 heavy (non-hydrogen) atoms. The predicted molar refractivity (Wildman–Crippen MR) is 80.3 cm³/mol. The molecule has 1 saturated heterocycles. The number of benzene rings is 1. The molecule has 1 aromatic rings. The van der Waals surface area contributed by atoms with Gasteiger partial charge in [-0.05, 0) is 32.9 Å². The zero-order chi connectivity index (χ0) is 16.3. The normalized spacial score (nSPS) is 15.7. The monoisotopic (exact) mass is 304 g/mol. The molecule has 3 amide bonds. The molecule has 0 spiro atoms. The Morgan fingerprint density at radius 2 is 1.73 bits per heavy atom. The van der Waals surface area contributed by atoms with Gasteiger partial charge in [-0.1, -0.05) is 18.2 Å². The van der Waals surface area contributed by atoms with Crippen molar-refractivity contribution in [3.63, 3.8) is 0 Å². The van der Waals surface area contributed by atoms with Gasteiger partial charge >= 0.3 is 6.09 Å². The van der Waals surface area contributed by atoms with Gasteiger partial charge in [0.1, 0.15) is 12.1 Å². The first-order valence-electron chi connectivity index (χ1n) is 7.15. The van der Waals surface area contributed by atoms with Crippen molar-refractivity contribution in [2.24, 2.45) is 0 Å². The Labute approximate surface area is 129 Å². The van der Waals surface area contributed by atoms with Gasteiger partial charge in [0.25, 0.3) is 11.8 Å². The molecule has 0 aliphatic carbocycles. The molecule has 2 rings (SSSR count). The van der Waals surface area contributed by atoms with E-state index in [1.165, 1.54) is 4.90 Å². The molecule has 1 fully saturated rings. The minimum atomic E-state index is -0.663. The highest BCUT2D eigenvalue weighted by Crippen LogP contribution is 2.14. The van der Waals surface area contributed by atoms with Crippen LogP contribution in [0.5, 0.6) is 0 Å². The predicted octanol–water partition coefficient (Wildman–Crippen LogP) is 1.91. The first-order valence-corrected chi connectivity index (χ1v) is 7.15. The van der Waals surface area contributed by atoms with E-state index in [4.69, 9.17) is 4.74 Å². The summed E-state index contributed by atoms with van der Waals surface area (Å²) in [7, 11) is 0. The number of hydrogen-bond donors (Lipinski definition) is 0. The van der Waals surface area contributed by atoms with E-state index in [0.717, 1.165) is 4.90 Å². The summed E-state index contributed by atoms with van der Waals surface area (Å²) in [6.07, 6.45) is -0.663. The zero-order valence-electron chi connectivity index (χ0n) is 13.0. The van der Waals surface area contributed by atoms with Crippen LogP contribution >= 0.6 is 0 Å². The molecule has 1 aromatic carbocycles. The Hall–Kier alpha value is -2.37. The Morgan fingerprint density at radius 3 is 2.27 bits per heavy atom. The highest BCUT2D eigenvalue weighted by Gasteiger charge is 2.33. The molecule has 0 unspecified atom stereocenters. The van der Waals surface area contributed by atoms with Crippen LogP contribution in [0.4, 0.5) is 4.79 Å². The van der Waals surface area contributed by atoms with E-state index < -0.39 is 17.6 Å². The minimum absolute atomic E-state index is 0.118. The molecular weight excluding hydrogens is 284 g/mol. The zero-order valence-corrected chi connectivity index (χ0v) is 13.0. The van der Waals surface area contributed by atoms with E-state index in [1.54, 1.807) is 45.0 Å². The number of ether oxygens (including phenoxy) is 1. The number of carbonyl (C=O) groups is 3. The molecule has 0 aromatic heterocycles. The summed E-state index contributed by atoms with van der Waals surface area (Å²) in [5, 5.41) is 0. The van der Waals surface area contributed by atoms with Crippen LogP contribution < -0.4 is 0 Å². The van der Waals surface area contributed by atoms with Crippen molar-refractivity contribution in [1.82, 2.24) is 9.80 Å². The molecule has 1 heterocycles. The number of carbonyl (C=O) groups excluding carboxylic acids is 3. The summed E-state index contributed by atoms with van der Waals surface area (Å²) in [5.74, 6) is -0.637. The quantitative estimate of drug-likeness (QED) is 0.795. The fourth-order valence-electron chi connectivity index (χ4n) is 2.12. The third-order valence-electron chi connectivity index (χ3n) is 3.14. The topological polar surface area (TPSA) is 66.9 Å². The fraction of sp³-hybridized carbons (Fsp3) is 0.438. The average molecular weight is 304 g/mol. The summed E-state index contributed by atoms with van der Waals surface area (Å²) in [5.41, 5.74) is -0.130. The van der Waals surface area contributed by atoms with Crippen molar-refractivity contribution < 1.29 is 19.1 Å². The van der Waals surface area contributed by atoms with Crippen LogP contribution in [0.15, 0.2) is 30.3 Å². The van der Waals surface area contributed by atoms with Gasteiger partial charge in [-0.25, -0.2) is 9.69 Å². The smallest absolute Gasteiger partial charge is 0.417 e. The number of nitrogens with zero attached hydrogens (tertiary/aromatic N) is 2. The average Bonchev–Trinajstić information content (AvgIpc) is 2.45. The van der Waals surface area contributed by atoms with E-state index in [9.17, 15) is 14.4 Å². The van der Waals surface area contributed by atoms with Crippen LogP contribution in [0.25, 0.3) is 0 Å². The maximum absolute atomic E-state index is 12.3. The van der Waals surface area contributed by atoms with Gasteiger partial charge in [0.15, 0.2) is 0 Å². The second kappa shape index (κ2) is 6.17. The van der Waals surface area contributed by atoms with Crippen LogP contribution in [0.3, 0.4) is 0 Å². The summed E-state index contributed by atoms with van der Waals surface area (Å²) in [6.45, 7) is 5.55. The molecule has 1 aliphatic rings. The number of rotatable bonds is 1. The SMILES string of the molecule is CC(C)(C)OC(=O)N1CCN(C(=O)c2ccccc2)CC1=O. The maximum Gasteiger partial charge on any atom is 0.417 e. The highest BCUT2D eigenvalue weighted by atomic mass is 16.6. The van der Waals surface area contributed by atoms with Gasteiger partial charge < -0.3 is 9.64 Å². The van der Waals surface area contributed by atoms with Gasteiger partial charge in [-0.2, -0.15) is 0 Å². The van der Waals surface area contributed by atoms with Crippen molar-refractivity contribution in [2.75, 3.05) is 19.6 Å². The first-order chi connectivity index (χ1) is 10.3. The summed E-state index contributed by atoms with van der Waals surface area (Å²) < 4.78 is 5.19. The number of hydrogen-bond acceptors (Lipinski definition) is 4. The van der Waals surface area contributed by atoms with E-state index in [-0.39, 0.29) is 19.0 Å². The lowest BCUT2D eigenvalue weighted by atomic mass is 10.2. The Kier molecular flexibility index (Phi) is 4.49. The summed E-state index contributed by atoms with van der Waals surface area (Å²) in [6, 6.07) is 8.76. The van der Waals surface area contributed by atoms with Crippen LogP contribution in [-0.4, -0.2) is 52.9 Å². The lowest BCUT2D eigenvalue weighted by Crippen LogP contribution is -2.55. The van der Waals surface area contributed by atoms with Gasteiger partial charge in [0.05, 0.1) is 0 Å². The van der Waals surface area contributed by atoms with E-state index >= 15 is 0 Å². The highest BCUT2D eigenvalue weighted by molar-refractivity contribution is 6.00. The van der Waals surface area contributed by atoms with Crippen LogP contribution in [0.2, 0.25) is 0 Å². The van der Waals surface area contributed by atoms with E-state index in [0.29, 0.717) is 12.1 Å². The minimum Gasteiger partial charge on any atom is -0.443 e. The molecule has 1 aliphatic heterocycles. The second-order valence-corrected chi connectivity index (χ2v) is 6.12. The molecule has 0 radical (unpaired) electrons. The Morgan fingerprint density at radius 1 is 1.09 bits per heavy atom. The van der Waals surface area contributed by atoms with Crippen LogP contribution in [0, 0.1) is 0 Å². The van der Waals surface area contributed by atoms with Crippen LogP contribution in [-0.2, 0) is 9.53 Å². The molecule has 0 N–H and O–H groups in total. The van der Waals surface area contributed by atoms with Crippen molar-refractivity contribution in [1.29, 1.82) is 0 Å². The second-order valence-electron chi connectivity index (χ2n) is 6.12. The number of amides is 3. The first kappa shape index (κ1) is 16.0. The number of piperazine rings is 1. The molecule has 0 bridgehead atoms. The molecule has 118 valence electrons. The lowest BCUT2D eigenvalue weighted by Gasteiger charge is -2.34. The van der Waals surface area contributed by atoms with E-state index in [2.05, 4.69) is 0 Å². The van der Waals surface area contributed by atoms with E-state index in [1.807, 2.05) is 6.07 Å². The summed E-state index contributed by atoms with van der Waals surface area (Å²) in [4.78, 5) is 38.8. The van der Waals surface area contributed by atoms with Crippen LogP contribution in [0.1, 0.15) is 31.1 Å². The standard InChI is InChI=1S/C16H20N2O4/c1-16(2,3)22-15(21)18-10-9-17(11-13(18)19)14(20)12-7-5-4-6-8-12/h4-8H,9-11H2,1-3H3. The van der Waals surface area contributed by atoms with Gasteiger partial charge in [0.2, 0.25) is 0 Å². The number of imide groups is 1. The van der Waals surface area contributed by atoms with Crippen molar-refractivity contribution >= 4 is 17.9 Å². The molecule has 6 heteroatoms. The largest absolute Gasteiger partial charge is 0.443 e. The van der Waals surface area contributed by atoms with Crippen molar-refractivity contribution in [3.05, 3.63) is 35.9 Å². The van der Waals surface area contributed by atoms with Crippen molar-refractivity contribution in [2.45, 2.75) is 26.4 Å². The van der Waals surface area contributed by atoms with Gasteiger partial charge in [-0.15, -0.1) is 0 Å². The molecule has 0 atom stereocenters. The van der Waals surface area contributed by atoms with Gasteiger partial charge in [-0.3, -0.25) is 9.59 Å². The van der Waals surface area contributed by atoms with Gasteiger partial charge in [0, 0.05) is 18.7 Å². The lowest BCUT2D eigenvalue weighted by molar-refractivity contribution is -0.133. The third-order valence-corrected chi connectivity index (χ3v) is 3.14. The van der Waals surface area contributed by atoms with Crippen molar-refractivity contribution in [3.8, 4) is 0 Å². The maximum atomic E-state index is 12.3. The Balaban J connectivity index is 2.00. The fourth-order valence-corrected chi connectivity index (χ4v) is 2.12. The molecular formula is C16H20N2O4.